The molecule has 0 spiro atoms. The van der Waals surface area contributed by atoms with Crippen molar-refractivity contribution in [2.24, 2.45) is 5.10 Å². The van der Waals surface area contributed by atoms with Crippen LogP contribution in [-0.4, -0.2) is 31.4 Å². The lowest BCUT2D eigenvalue weighted by Crippen LogP contribution is -2.39. The molecule has 0 saturated heterocycles. The number of amides is 1. The van der Waals surface area contributed by atoms with Gasteiger partial charge >= 0.3 is 0 Å². The van der Waals surface area contributed by atoms with Crippen LogP contribution in [0.5, 0.6) is 0 Å². The van der Waals surface area contributed by atoms with E-state index < -0.39 is 28.3 Å². The Morgan fingerprint density at radius 3 is 2.36 bits per heavy atom. The molecule has 0 aliphatic rings. The third kappa shape index (κ3) is 6.71. The third-order valence-electron chi connectivity index (χ3n) is 4.87. The van der Waals surface area contributed by atoms with Gasteiger partial charge in [0.05, 0.1) is 17.7 Å². The molecule has 1 amide bonds. The molecule has 1 N–H and O–H groups in total. The monoisotopic (exact) mass is 487 g/mol. The van der Waals surface area contributed by atoms with Crippen molar-refractivity contribution in [1.82, 2.24) is 9.73 Å². The summed E-state index contributed by atoms with van der Waals surface area (Å²) in [6, 6.07) is 19.0. The molecule has 0 aromatic heterocycles. The van der Waals surface area contributed by atoms with Gasteiger partial charge < -0.3 is 0 Å². The molecule has 9 heteroatoms. The SMILES string of the molecule is CCc1ccc(/C=N\NC(=O)CN(Cc2ccccc2F)S(=O)(=O)c2ccc(Cl)cc2)cc1. The van der Waals surface area contributed by atoms with Crippen LogP contribution in [0.1, 0.15) is 23.6 Å². The van der Waals surface area contributed by atoms with Crippen LogP contribution in [0.4, 0.5) is 4.39 Å². The van der Waals surface area contributed by atoms with Crippen LogP contribution in [0.25, 0.3) is 0 Å². The van der Waals surface area contributed by atoms with Crippen molar-refractivity contribution < 1.29 is 17.6 Å². The molecule has 0 aliphatic carbocycles. The summed E-state index contributed by atoms with van der Waals surface area (Å²) in [5.41, 5.74) is 4.43. The number of sulfonamides is 1. The van der Waals surface area contributed by atoms with E-state index in [1.54, 1.807) is 6.07 Å². The average molecular weight is 488 g/mol. The summed E-state index contributed by atoms with van der Waals surface area (Å²) in [6.07, 6.45) is 2.38. The Kier molecular flexibility index (Phi) is 8.32. The van der Waals surface area contributed by atoms with E-state index in [-0.39, 0.29) is 17.0 Å². The second kappa shape index (κ2) is 11.2. The smallest absolute Gasteiger partial charge is 0.255 e. The van der Waals surface area contributed by atoms with Gasteiger partial charge in [0.2, 0.25) is 10.0 Å². The number of rotatable bonds is 9. The minimum absolute atomic E-state index is 0.0597. The molecule has 3 aromatic rings. The van der Waals surface area contributed by atoms with E-state index >= 15 is 0 Å². The number of hydrogen-bond donors (Lipinski definition) is 1. The molecule has 0 fully saturated rings. The van der Waals surface area contributed by atoms with Crippen LogP contribution in [0.15, 0.2) is 82.8 Å². The summed E-state index contributed by atoms with van der Waals surface area (Å²) in [5, 5.41) is 4.27. The first-order chi connectivity index (χ1) is 15.8. The fraction of sp³-hybridized carbons (Fsp3) is 0.167. The van der Waals surface area contributed by atoms with Gasteiger partial charge in [0.25, 0.3) is 5.91 Å². The summed E-state index contributed by atoms with van der Waals surface area (Å²) in [4.78, 5) is 12.4. The van der Waals surface area contributed by atoms with Crippen molar-refractivity contribution in [2.45, 2.75) is 24.8 Å². The van der Waals surface area contributed by atoms with Gasteiger partial charge in [0, 0.05) is 17.1 Å². The summed E-state index contributed by atoms with van der Waals surface area (Å²) in [5.74, 6) is -1.23. The lowest BCUT2D eigenvalue weighted by Gasteiger charge is -2.21. The van der Waals surface area contributed by atoms with E-state index in [0.29, 0.717) is 5.02 Å². The van der Waals surface area contributed by atoms with Crippen molar-refractivity contribution in [1.29, 1.82) is 0 Å². The Hall–Kier alpha value is -3.07. The standard InChI is InChI=1S/C24H23ClFN3O3S/c1-2-18-7-9-19(10-8-18)15-27-28-24(30)17-29(16-20-5-3-4-6-23(20)26)33(31,32)22-13-11-21(25)12-14-22/h3-15H,2,16-17H2,1H3,(H,28,30)/b27-15-. The number of carbonyl (C=O) groups is 1. The Bertz CT molecular complexity index is 1230. The highest BCUT2D eigenvalue weighted by Crippen LogP contribution is 2.21. The van der Waals surface area contributed by atoms with E-state index in [4.69, 9.17) is 11.6 Å². The average Bonchev–Trinajstić information content (AvgIpc) is 2.80. The van der Waals surface area contributed by atoms with Gasteiger partial charge in [0.1, 0.15) is 5.82 Å². The number of carbonyl (C=O) groups excluding carboxylic acids is 1. The molecule has 33 heavy (non-hydrogen) atoms. The topological polar surface area (TPSA) is 78.8 Å². The third-order valence-corrected chi connectivity index (χ3v) is 6.92. The van der Waals surface area contributed by atoms with Gasteiger partial charge in [-0.05, 0) is 47.9 Å². The van der Waals surface area contributed by atoms with E-state index in [1.165, 1.54) is 54.2 Å². The highest BCUT2D eigenvalue weighted by Gasteiger charge is 2.27. The van der Waals surface area contributed by atoms with Crippen molar-refractivity contribution in [3.05, 3.63) is 100 Å². The van der Waals surface area contributed by atoms with Gasteiger partial charge in [-0.3, -0.25) is 4.79 Å². The van der Waals surface area contributed by atoms with Crippen LogP contribution in [0.2, 0.25) is 5.02 Å². The van der Waals surface area contributed by atoms with Gasteiger partial charge in [-0.1, -0.05) is 61.0 Å². The minimum Gasteiger partial charge on any atom is -0.272 e. The van der Waals surface area contributed by atoms with Gasteiger partial charge in [-0.2, -0.15) is 9.41 Å². The fourth-order valence-electron chi connectivity index (χ4n) is 3.01. The number of hydrogen-bond acceptors (Lipinski definition) is 4. The molecule has 0 radical (unpaired) electrons. The first kappa shape index (κ1) is 24.6. The summed E-state index contributed by atoms with van der Waals surface area (Å²) in [6.45, 7) is 1.17. The zero-order valence-corrected chi connectivity index (χ0v) is 19.5. The number of nitrogens with one attached hydrogen (secondary N) is 1. The van der Waals surface area contributed by atoms with Crippen molar-refractivity contribution in [3.63, 3.8) is 0 Å². The number of nitrogens with zero attached hydrogens (tertiary/aromatic N) is 2. The highest BCUT2D eigenvalue weighted by molar-refractivity contribution is 7.89. The molecule has 0 saturated carbocycles. The molecule has 0 unspecified atom stereocenters. The Labute approximate surface area is 197 Å². The van der Waals surface area contributed by atoms with Gasteiger partial charge in [-0.15, -0.1) is 0 Å². The molecule has 6 nitrogen and oxygen atoms in total. The molecule has 0 atom stereocenters. The summed E-state index contributed by atoms with van der Waals surface area (Å²) < 4.78 is 41.5. The van der Waals surface area contributed by atoms with Crippen molar-refractivity contribution >= 4 is 33.7 Å². The molecule has 3 rings (SSSR count). The van der Waals surface area contributed by atoms with Crippen LogP contribution in [-0.2, 0) is 27.8 Å². The molecule has 0 heterocycles. The van der Waals surface area contributed by atoms with Crippen LogP contribution in [0.3, 0.4) is 0 Å². The Morgan fingerprint density at radius 2 is 1.73 bits per heavy atom. The van der Waals surface area contributed by atoms with Crippen LogP contribution < -0.4 is 5.43 Å². The van der Waals surface area contributed by atoms with E-state index in [1.807, 2.05) is 24.3 Å². The zero-order chi connectivity index (χ0) is 23.8. The Morgan fingerprint density at radius 1 is 1.06 bits per heavy atom. The second-order valence-electron chi connectivity index (χ2n) is 7.21. The number of halogens is 2. The molecule has 172 valence electrons. The van der Waals surface area contributed by atoms with Crippen LogP contribution >= 0.6 is 11.6 Å². The zero-order valence-electron chi connectivity index (χ0n) is 17.9. The normalized spacial score (nSPS) is 11.8. The Balaban J connectivity index is 1.78. The molecular weight excluding hydrogens is 465 g/mol. The quantitative estimate of drug-likeness (QED) is 0.359. The van der Waals surface area contributed by atoms with Gasteiger partial charge in [0.15, 0.2) is 0 Å². The predicted octanol–water partition coefficient (Wildman–Crippen LogP) is 4.38. The number of hydrazone groups is 1. The van der Waals surface area contributed by atoms with E-state index in [2.05, 4.69) is 17.5 Å². The fourth-order valence-corrected chi connectivity index (χ4v) is 4.51. The largest absolute Gasteiger partial charge is 0.272 e. The number of benzene rings is 3. The van der Waals surface area contributed by atoms with E-state index in [0.717, 1.165) is 16.3 Å². The highest BCUT2D eigenvalue weighted by atomic mass is 35.5. The molecule has 3 aromatic carbocycles. The summed E-state index contributed by atoms with van der Waals surface area (Å²) >= 11 is 5.86. The summed E-state index contributed by atoms with van der Waals surface area (Å²) in [7, 11) is -4.12. The second-order valence-corrected chi connectivity index (χ2v) is 9.58. The molecule has 0 bridgehead atoms. The maximum atomic E-state index is 14.2. The molecular formula is C24H23ClFN3O3S. The van der Waals surface area contributed by atoms with Crippen molar-refractivity contribution in [3.8, 4) is 0 Å². The number of aryl methyl sites for hydroxylation is 1. The van der Waals surface area contributed by atoms with Gasteiger partial charge in [-0.25, -0.2) is 18.2 Å². The first-order valence-corrected chi connectivity index (χ1v) is 12.0. The maximum absolute atomic E-state index is 14.2. The minimum atomic E-state index is -4.12. The van der Waals surface area contributed by atoms with E-state index in [9.17, 15) is 17.6 Å². The maximum Gasteiger partial charge on any atom is 0.255 e. The van der Waals surface area contributed by atoms with Crippen molar-refractivity contribution in [2.75, 3.05) is 6.54 Å². The first-order valence-electron chi connectivity index (χ1n) is 10.2. The molecule has 0 aliphatic heterocycles. The van der Waals surface area contributed by atoms with Crippen LogP contribution in [0, 0.1) is 5.82 Å². The lowest BCUT2D eigenvalue weighted by molar-refractivity contribution is -0.121. The lowest BCUT2D eigenvalue weighted by atomic mass is 10.1. The predicted molar refractivity (Wildman–Crippen MR) is 127 cm³/mol.